The van der Waals surface area contributed by atoms with E-state index in [1.54, 1.807) is 12.1 Å². The van der Waals surface area contributed by atoms with Crippen molar-refractivity contribution in [2.45, 2.75) is 39.2 Å². The third kappa shape index (κ3) is 3.26. The average molecular weight is 221 g/mol. The Labute approximate surface area is 96.1 Å². The van der Waals surface area contributed by atoms with Crippen LogP contribution < -0.4 is 9.84 Å². The topological polar surface area (TPSA) is 49.4 Å². The summed E-state index contributed by atoms with van der Waals surface area (Å²) in [6.07, 6.45) is -0.930. The SMILES string of the molecule is CC(Oc1ccc(C(C)(C)C)cc1)C(=O)[O-]. The van der Waals surface area contributed by atoms with Crippen LogP contribution in [-0.2, 0) is 10.2 Å². The zero-order chi connectivity index (χ0) is 12.3. The molecule has 1 rings (SSSR count). The molecule has 88 valence electrons. The van der Waals surface area contributed by atoms with Crippen LogP contribution in [0.15, 0.2) is 24.3 Å². The van der Waals surface area contributed by atoms with Gasteiger partial charge in [-0.1, -0.05) is 32.9 Å². The Hall–Kier alpha value is -1.51. The zero-order valence-corrected chi connectivity index (χ0v) is 10.1. The van der Waals surface area contributed by atoms with E-state index in [2.05, 4.69) is 20.8 Å². The molecule has 0 radical (unpaired) electrons. The number of carboxylic acid groups (broad SMARTS) is 1. The molecule has 0 saturated heterocycles. The van der Waals surface area contributed by atoms with Gasteiger partial charge in [-0.3, -0.25) is 0 Å². The quantitative estimate of drug-likeness (QED) is 0.777. The minimum Gasteiger partial charge on any atom is -0.546 e. The van der Waals surface area contributed by atoms with Crippen molar-refractivity contribution >= 4 is 5.97 Å². The highest BCUT2D eigenvalue weighted by Gasteiger charge is 2.13. The molecule has 0 amide bonds. The Bertz CT molecular complexity index is 360. The Morgan fingerprint density at radius 1 is 1.25 bits per heavy atom. The molecule has 1 aromatic carbocycles. The van der Waals surface area contributed by atoms with Crippen molar-refractivity contribution < 1.29 is 14.6 Å². The number of hydrogen-bond acceptors (Lipinski definition) is 3. The number of aliphatic carboxylic acids is 1. The summed E-state index contributed by atoms with van der Waals surface area (Å²) < 4.78 is 5.18. The maximum absolute atomic E-state index is 10.5. The molecule has 0 heterocycles. The van der Waals surface area contributed by atoms with Gasteiger partial charge in [-0.05, 0) is 30.0 Å². The smallest absolute Gasteiger partial charge is 0.135 e. The Kier molecular flexibility index (Phi) is 3.58. The zero-order valence-electron chi connectivity index (χ0n) is 10.1. The standard InChI is InChI=1S/C13H18O3/c1-9(12(14)15)16-11-7-5-10(6-8-11)13(2,3)4/h5-9H,1-4H3,(H,14,15)/p-1. The number of ether oxygens (including phenoxy) is 1. The van der Waals surface area contributed by atoms with Crippen molar-refractivity contribution in [2.75, 3.05) is 0 Å². The van der Waals surface area contributed by atoms with E-state index in [0.717, 1.165) is 0 Å². The van der Waals surface area contributed by atoms with Crippen LogP contribution in [0.5, 0.6) is 5.75 Å². The molecule has 0 aliphatic rings. The number of carboxylic acids is 1. The van der Waals surface area contributed by atoms with Gasteiger partial charge in [0.05, 0.1) is 5.97 Å². The molecule has 16 heavy (non-hydrogen) atoms. The lowest BCUT2D eigenvalue weighted by Crippen LogP contribution is -2.37. The lowest BCUT2D eigenvalue weighted by molar-refractivity contribution is -0.312. The molecule has 3 heteroatoms. The van der Waals surface area contributed by atoms with E-state index in [9.17, 15) is 9.90 Å². The Morgan fingerprint density at radius 3 is 2.12 bits per heavy atom. The first-order valence-electron chi connectivity index (χ1n) is 5.29. The van der Waals surface area contributed by atoms with Gasteiger partial charge in [0.1, 0.15) is 11.9 Å². The van der Waals surface area contributed by atoms with Crippen LogP contribution in [-0.4, -0.2) is 12.1 Å². The molecule has 0 aliphatic heterocycles. The first-order chi connectivity index (χ1) is 7.30. The van der Waals surface area contributed by atoms with Gasteiger partial charge in [0.25, 0.3) is 0 Å². The van der Waals surface area contributed by atoms with Gasteiger partial charge >= 0.3 is 0 Å². The molecular formula is C13H17O3-. The summed E-state index contributed by atoms with van der Waals surface area (Å²) in [5.41, 5.74) is 1.26. The first-order valence-corrected chi connectivity index (χ1v) is 5.29. The van der Waals surface area contributed by atoms with E-state index >= 15 is 0 Å². The van der Waals surface area contributed by atoms with Crippen molar-refractivity contribution in [1.82, 2.24) is 0 Å². The summed E-state index contributed by atoms with van der Waals surface area (Å²) in [5.74, 6) is -0.662. The fraction of sp³-hybridized carbons (Fsp3) is 0.462. The minimum absolute atomic E-state index is 0.0818. The second-order valence-corrected chi connectivity index (χ2v) is 4.85. The molecule has 0 aromatic heterocycles. The molecule has 1 unspecified atom stereocenters. The van der Waals surface area contributed by atoms with Gasteiger partial charge in [0.15, 0.2) is 0 Å². The number of rotatable bonds is 3. The Balaban J connectivity index is 2.76. The van der Waals surface area contributed by atoms with E-state index < -0.39 is 12.1 Å². The van der Waals surface area contributed by atoms with Gasteiger partial charge in [0.2, 0.25) is 0 Å². The van der Waals surface area contributed by atoms with Gasteiger partial charge in [0, 0.05) is 0 Å². The average Bonchev–Trinajstić information content (AvgIpc) is 2.17. The fourth-order valence-corrected chi connectivity index (χ4v) is 1.29. The third-order valence-electron chi connectivity index (χ3n) is 2.37. The largest absolute Gasteiger partial charge is 0.546 e. The highest BCUT2D eigenvalue weighted by molar-refractivity contribution is 5.69. The number of hydrogen-bond donors (Lipinski definition) is 0. The summed E-state index contributed by atoms with van der Waals surface area (Å²) >= 11 is 0. The summed E-state index contributed by atoms with van der Waals surface area (Å²) in [5, 5.41) is 10.5. The van der Waals surface area contributed by atoms with Crippen LogP contribution in [0.25, 0.3) is 0 Å². The molecule has 0 spiro atoms. The molecule has 0 N–H and O–H groups in total. The lowest BCUT2D eigenvalue weighted by Gasteiger charge is -2.20. The number of carbonyl (C=O) groups excluding carboxylic acids is 1. The highest BCUT2D eigenvalue weighted by atomic mass is 16.5. The van der Waals surface area contributed by atoms with Crippen LogP contribution in [0.3, 0.4) is 0 Å². The number of benzene rings is 1. The minimum atomic E-state index is -1.21. The maximum Gasteiger partial charge on any atom is 0.135 e. The number of carbonyl (C=O) groups is 1. The van der Waals surface area contributed by atoms with Crippen LogP contribution in [0.4, 0.5) is 0 Å². The molecule has 1 atom stereocenters. The molecule has 0 saturated carbocycles. The molecular weight excluding hydrogens is 204 g/mol. The van der Waals surface area contributed by atoms with Crippen LogP contribution >= 0.6 is 0 Å². The summed E-state index contributed by atoms with van der Waals surface area (Å²) in [7, 11) is 0. The van der Waals surface area contributed by atoms with E-state index in [0.29, 0.717) is 5.75 Å². The molecule has 0 fully saturated rings. The van der Waals surface area contributed by atoms with Crippen molar-refractivity contribution in [3.05, 3.63) is 29.8 Å². The molecule has 1 aromatic rings. The van der Waals surface area contributed by atoms with Crippen LogP contribution in [0, 0.1) is 0 Å². The van der Waals surface area contributed by atoms with E-state index in [1.807, 2.05) is 12.1 Å². The van der Waals surface area contributed by atoms with Gasteiger partial charge in [-0.2, -0.15) is 0 Å². The van der Waals surface area contributed by atoms with Gasteiger partial charge in [-0.15, -0.1) is 0 Å². The van der Waals surface area contributed by atoms with Crippen LogP contribution in [0.1, 0.15) is 33.3 Å². The van der Waals surface area contributed by atoms with E-state index in [1.165, 1.54) is 12.5 Å². The van der Waals surface area contributed by atoms with E-state index in [-0.39, 0.29) is 5.41 Å². The molecule has 0 aliphatic carbocycles. The van der Waals surface area contributed by atoms with Crippen molar-refractivity contribution in [3.63, 3.8) is 0 Å². The van der Waals surface area contributed by atoms with Crippen LogP contribution in [0.2, 0.25) is 0 Å². The van der Waals surface area contributed by atoms with Gasteiger partial charge in [-0.25, -0.2) is 0 Å². The maximum atomic E-state index is 10.5. The third-order valence-corrected chi connectivity index (χ3v) is 2.37. The van der Waals surface area contributed by atoms with Crippen molar-refractivity contribution in [2.24, 2.45) is 0 Å². The summed E-state index contributed by atoms with van der Waals surface area (Å²) in [6, 6.07) is 7.44. The summed E-state index contributed by atoms with van der Waals surface area (Å²) in [4.78, 5) is 10.5. The fourth-order valence-electron chi connectivity index (χ4n) is 1.29. The predicted molar refractivity (Wildman–Crippen MR) is 60.2 cm³/mol. The first kappa shape index (κ1) is 12.6. The lowest BCUT2D eigenvalue weighted by atomic mass is 9.87. The monoisotopic (exact) mass is 221 g/mol. The summed E-state index contributed by atoms with van der Waals surface area (Å²) in [6.45, 7) is 7.80. The Morgan fingerprint density at radius 2 is 1.75 bits per heavy atom. The van der Waals surface area contributed by atoms with Crippen molar-refractivity contribution in [3.8, 4) is 5.75 Å². The second-order valence-electron chi connectivity index (χ2n) is 4.85. The van der Waals surface area contributed by atoms with Gasteiger partial charge < -0.3 is 14.6 Å². The predicted octanol–water partition coefficient (Wildman–Crippen LogP) is 1.50. The molecule has 0 bridgehead atoms. The highest BCUT2D eigenvalue weighted by Crippen LogP contribution is 2.24. The molecule has 3 nitrogen and oxygen atoms in total. The van der Waals surface area contributed by atoms with E-state index in [4.69, 9.17) is 4.74 Å². The second kappa shape index (κ2) is 4.56. The van der Waals surface area contributed by atoms with Crippen molar-refractivity contribution in [1.29, 1.82) is 0 Å². The normalized spacial score (nSPS) is 13.2.